The highest BCUT2D eigenvalue weighted by Crippen LogP contribution is 2.25. The molecule has 0 atom stereocenters. The number of imidazole rings is 1. The lowest BCUT2D eigenvalue weighted by Crippen LogP contribution is -2.23. The fourth-order valence-corrected chi connectivity index (χ4v) is 2.17. The number of nitrogens with one attached hydrogen (secondary N) is 1. The number of hydrogen-bond donors (Lipinski definition) is 1. The summed E-state index contributed by atoms with van der Waals surface area (Å²) in [5.74, 6) is 0.691. The van der Waals surface area contributed by atoms with Crippen molar-refractivity contribution < 1.29 is 4.79 Å². The van der Waals surface area contributed by atoms with Gasteiger partial charge in [-0.05, 0) is 18.2 Å². The van der Waals surface area contributed by atoms with Crippen LogP contribution in [0.25, 0.3) is 11.0 Å². The van der Waals surface area contributed by atoms with Gasteiger partial charge in [0.1, 0.15) is 0 Å². The van der Waals surface area contributed by atoms with Gasteiger partial charge in [-0.25, -0.2) is 4.98 Å². The number of rotatable bonds is 0. The summed E-state index contributed by atoms with van der Waals surface area (Å²) in [6.07, 6.45) is 0.519. The van der Waals surface area contributed by atoms with Crippen LogP contribution in [-0.4, -0.2) is 15.5 Å². The number of carbonyl (C=O) groups is 1. The molecule has 76 valence electrons. The Bertz CT molecular complexity index is 561. The third-order valence-electron chi connectivity index (χ3n) is 2.52. The number of hydrogen-bond acceptors (Lipinski definition) is 2. The molecule has 0 radical (unpaired) electrons. The smallest absolute Gasteiger partial charge is 0.228 e. The van der Waals surface area contributed by atoms with Crippen LogP contribution in [0.1, 0.15) is 6.42 Å². The first-order valence-corrected chi connectivity index (χ1v) is 5.49. The molecule has 0 unspecified atom stereocenters. The summed E-state index contributed by atoms with van der Waals surface area (Å²) < 4.78 is 3.05. The topological polar surface area (TPSA) is 46.9 Å². The van der Waals surface area contributed by atoms with Crippen molar-refractivity contribution in [3.63, 3.8) is 0 Å². The highest BCUT2D eigenvalue weighted by Gasteiger charge is 2.18. The lowest BCUT2D eigenvalue weighted by molar-refractivity contribution is -0.116. The van der Waals surface area contributed by atoms with Crippen LogP contribution in [0.4, 0.5) is 5.95 Å². The first kappa shape index (κ1) is 8.91. The van der Waals surface area contributed by atoms with Gasteiger partial charge in [-0.3, -0.25) is 10.1 Å². The third-order valence-corrected chi connectivity index (χ3v) is 3.02. The van der Waals surface area contributed by atoms with Crippen LogP contribution < -0.4 is 5.32 Å². The number of amides is 1. The lowest BCUT2D eigenvalue weighted by atomic mass is 10.3. The molecule has 1 aliphatic rings. The molecular formula is C10H8BrN3O. The molecule has 2 aromatic rings. The van der Waals surface area contributed by atoms with E-state index in [1.807, 2.05) is 22.8 Å². The molecule has 0 fully saturated rings. The lowest BCUT2D eigenvalue weighted by Gasteiger charge is -2.14. The van der Waals surface area contributed by atoms with Crippen LogP contribution in [0.15, 0.2) is 22.7 Å². The number of benzene rings is 1. The Hall–Kier alpha value is -1.36. The maximum absolute atomic E-state index is 11.2. The second kappa shape index (κ2) is 3.06. The van der Waals surface area contributed by atoms with E-state index in [0.717, 1.165) is 15.5 Å². The van der Waals surface area contributed by atoms with Gasteiger partial charge in [-0.1, -0.05) is 15.9 Å². The van der Waals surface area contributed by atoms with E-state index in [-0.39, 0.29) is 5.91 Å². The van der Waals surface area contributed by atoms with Crippen LogP contribution in [0, 0.1) is 0 Å². The molecule has 5 heteroatoms. The van der Waals surface area contributed by atoms with Gasteiger partial charge in [0.2, 0.25) is 11.9 Å². The second-order valence-corrected chi connectivity index (χ2v) is 4.43. The van der Waals surface area contributed by atoms with E-state index >= 15 is 0 Å². The molecule has 1 aliphatic heterocycles. The Morgan fingerprint density at radius 1 is 1.47 bits per heavy atom. The van der Waals surface area contributed by atoms with Crippen molar-refractivity contribution in [3.8, 4) is 0 Å². The number of carbonyl (C=O) groups excluding carboxylic acids is 1. The van der Waals surface area contributed by atoms with Gasteiger partial charge >= 0.3 is 0 Å². The fourth-order valence-electron chi connectivity index (χ4n) is 1.82. The van der Waals surface area contributed by atoms with Crippen molar-refractivity contribution in [1.82, 2.24) is 9.55 Å². The molecular weight excluding hydrogens is 258 g/mol. The highest BCUT2D eigenvalue weighted by atomic mass is 79.9. The zero-order chi connectivity index (χ0) is 10.4. The first-order valence-electron chi connectivity index (χ1n) is 4.70. The molecule has 0 saturated carbocycles. The van der Waals surface area contributed by atoms with Crippen LogP contribution in [-0.2, 0) is 11.3 Å². The van der Waals surface area contributed by atoms with Crippen molar-refractivity contribution in [2.45, 2.75) is 13.0 Å². The van der Waals surface area contributed by atoms with Crippen molar-refractivity contribution in [2.24, 2.45) is 0 Å². The molecule has 0 spiro atoms. The summed E-state index contributed by atoms with van der Waals surface area (Å²) in [5, 5.41) is 2.77. The molecule has 4 nitrogen and oxygen atoms in total. The van der Waals surface area contributed by atoms with Gasteiger partial charge in [0.25, 0.3) is 0 Å². The predicted octanol–water partition coefficient (Wildman–Crippen LogP) is 2.14. The second-order valence-electron chi connectivity index (χ2n) is 3.52. The Morgan fingerprint density at radius 3 is 3.20 bits per heavy atom. The number of halogens is 1. The first-order chi connectivity index (χ1) is 7.24. The third kappa shape index (κ3) is 1.34. The van der Waals surface area contributed by atoms with Crippen molar-refractivity contribution in [3.05, 3.63) is 22.7 Å². The standard InChI is InChI=1S/C10H8BrN3O/c11-6-1-2-7-8(5-6)14-4-3-9(15)13-10(14)12-7/h1-2,5H,3-4H2,(H,12,13,15). The summed E-state index contributed by atoms with van der Waals surface area (Å²) >= 11 is 3.43. The molecule has 0 bridgehead atoms. The Kier molecular flexibility index (Phi) is 1.82. The minimum absolute atomic E-state index is 0.0388. The zero-order valence-electron chi connectivity index (χ0n) is 7.83. The number of anilines is 1. The normalized spacial score (nSPS) is 15.1. The summed E-state index contributed by atoms with van der Waals surface area (Å²) in [5.41, 5.74) is 1.97. The predicted molar refractivity (Wildman–Crippen MR) is 60.7 cm³/mol. The molecule has 0 saturated heterocycles. The molecule has 1 aromatic carbocycles. The largest absolute Gasteiger partial charge is 0.309 e. The van der Waals surface area contributed by atoms with Crippen LogP contribution in [0.3, 0.4) is 0 Å². The zero-order valence-corrected chi connectivity index (χ0v) is 9.41. The summed E-state index contributed by atoms with van der Waals surface area (Å²) in [4.78, 5) is 15.6. The van der Waals surface area contributed by atoms with E-state index in [2.05, 4.69) is 26.2 Å². The quantitative estimate of drug-likeness (QED) is 0.794. The maximum Gasteiger partial charge on any atom is 0.228 e. The Morgan fingerprint density at radius 2 is 2.33 bits per heavy atom. The van der Waals surface area contributed by atoms with Gasteiger partial charge in [0.15, 0.2) is 0 Å². The molecule has 3 rings (SSSR count). The average molecular weight is 266 g/mol. The van der Waals surface area contributed by atoms with Crippen LogP contribution in [0.5, 0.6) is 0 Å². The molecule has 2 heterocycles. The molecule has 1 amide bonds. The SMILES string of the molecule is O=C1CCn2c(nc3ccc(Br)cc32)N1. The molecule has 1 aromatic heterocycles. The van der Waals surface area contributed by atoms with Crippen molar-refractivity contribution in [2.75, 3.05) is 5.32 Å². The fraction of sp³-hybridized carbons (Fsp3) is 0.200. The number of aromatic nitrogens is 2. The van der Waals surface area contributed by atoms with E-state index < -0.39 is 0 Å². The Balaban J connectivity index is 2.28. The highest BCUT2D eigenvalue weighted by molar-refractivity contribution is 9.10. The summed E-state index contributed by atoms with van der Waals surface area (Å²) in [7, 11) is 0. The van der Waals surface area contributed by atoms with E-state index in [1.165, 1.54) is 0 Å². The minimum Gasteiger partial charge on any atom is -0.309 e. The van der Waals surface area contributed by atoms with E-state index in [1.54, 1.807) is 0 Å². The van der Waals surface area contributed by atoms with Gasteiger partial charge in [-0.2, -0.15) is 0 Å². The number of aryl methyl sites for hydroxylation is 1. The van der Waals surface area contributed by atoms with Crippen LogP contribution >= 0.6 is 15.9 Å². The van der Waals surface area contributed by atoms with Gasteiger partial charge < -0.3 is 4.57 Å². The maximum atomic E-state index is 11.2. The molecule has 15 heavy (non-hydrogen) atoms. The minimum atomic E-state index is 0.0388. The number of fused-ring (bicyclic) bond motifs is 3. The van der Waals surface area contributed by atoms with E-state index in [0.29, 0.717) is 18.9 Å². The molecule has 1 N–H and O–H groups in total. The van der Waals surface area contributed by atoms with Crippen LogP contribution in [0.2, 0.25) is 0 Å². The summed E-state index contributed by atoms with van der Waals surface area (Å²) in [6, 6.07) is 5.91. The monoisotopic (exact) mass is 265 g/mol. The van der Waals surface area contributed by atoms with Gasteiger partial charge in [0.05, 0.1) is 11.0 Å². The van der Waals surface area contributed by atoms with Gasteiger partial charge in [0, 0.05) is 17.4 Å². The van der Waals surface area contributed by atoms with E-state index in [4.69, 9.17) is 0 Å². The van der Waals surface area contributed by atoms with Crippen molar-refractivity contribution in [1.29, 1.82) is 0 Å². The van der Waals surface area contributed by atoms with Crippen molar-refractivity contribution >= 4 is 38.8 Å². The van der Waals surface area contributed by atoms with Gasteiger partial charge in [-0.15, -0.1) is 0 Å². The molecule has 0 aliphatic carbocycles. The van der Waals surface area contributed by atoms with E-state index in [9.17, 15) is 4.79 Å². The average Bonchev–Trinajstić information content (AvgIpc) is 2.54. The number of nitrogens with zero attached hydrogens (tertiary/aromatic N) is 2. The summed E-state index contributed by atoms with van der Waals surface area (Å²) in [6.45, 7) is 0.702. The Labute approximate surface area is 94.4 Å².